The van der Waals surface area contributed by atoms with Crippen molar-refractivity contribution >= 4 is 72.4 Å². The van der Waals surface area contributed by atoms with E-state index in [9.17, 15) is 14.4 Å². The summed E-state index contributed by atoms with van der Waals surface area (Å²) in [7, 11) is 1.55. The molecule has 1 heterocycles. The van der Waals surface area contributed by atoms with Gasteiger partial charge in [-0.15, -0.1) is 0 Å². The number of carbonyl (C=O) groups excluding carboxylic acids is 3. The Morgan fingerprint density at radius 1 is 1.00 bits per heavy atom. The molecular weight excluding hydrogens is 612 g/mol. The standard InChI is InChI=1S/C26H20Br2N2O5S/c1-34-21-9-7-20(8-10-21)29-24(31)14-30-25(32)23(36-26(30)33)13-17-12-19(28)6-11-22(17)35-15-16-2-4-18(27)5-3-16/h2-13H,14-15H2,1H3,(H,29,31)/b23-13+. The van der Waals surface area contributed by atoms with Crippen molar-refractivity contribution < 1.29 is 23.9 Å². The predicted molar refractivity (Wildman–Crippen MR) is 147 cm³/mol. The molecule has 0 saturated carbocycles. The van der Waals surface area contributed by atoms with Crippen LogP contribution in [-0.4, -0.2) is 35.6 Å². The number of halogens is 2. The summed E-state index contributed by atoms with van der Waals surface area (Å²) >= 11 is 7.64. The molecule has 10 heteroatoms. The predicted octanol–water partition coefficient (Wildman–Crippen LogP) is 6.47. The molecule has 184 valence electrons. The van der Waals surface area contributed by atoms with Crippen LogP contribution in [0, 0.1) is 0 Å². The number of hydrogen-bond acceptors (Lipinski definition) is 6. The molecule has 0 aliphatic carbocycles. The topological polar surface area (TPSA) is 84.9 Å². The lowest BCUT2D eigenvalue weighted by Gasteiger charge is -2.13. The molecule has 0 aromatic heterocycles. The summed E-state index contributed by atoms with van der Waals surface area (Å²) in [5.41, 5.74) is 2.15. The average molecular weight is 632 g/mol. The molecular formula is C26H20Br2N2O5S. The number of nitrogens with zero attached hydrogens (tertiary/aromatic N) is 1. The largest absolute Gasteiger partial charge is 0.497 e. The number of methoxy groups -OCH3 is 1. The summed E-state index contributed by atoms with van der Waals surface area (Å²) in [6, 6.07) is 20.0. The highest BCUT2D eigenvalue weighted by atomic mass is 79.9. The van der Waals surface area contributed by atoms with Crippen molar-refractivity contribution in [2.24, 2.45) is 0 Å². The van der Waals surface area contributed by atoms with Crippen LogP contribution in [-0.2, 0) is 16.2 Å². The van der Waals surface area contributed by atoms with E-state index >= 15 is 0 Å². The molecule has 0 radical (unpaired) electrons. The third kappa shape index (κ3) is 6.57. The van der Waals surface area contributed by atoms with Crippen LogP contribution in [0.15, 0.2) is 80.6 Å². The summed E-state index contributed by atoms with van der Waals surface area (Å²) < 4.78 is 12.9. The van der Waals surface area contributed by atoms with Crippen LogP contribution in [0.3, 0.4) is 0 Å². The van der Waals surface area contributed by atoms with Gasteiger partial charge in [0.05, 0.1) is 12.0 Å². The first-order valence-corrected chi connectivity index (χ1v) is 13.1. The highest BCUT2D eigenvalue weighted by Gasteiger charge is 2.36. The minimum absolute atomic E-state index is 0.212. The second-order valence-electron chi connectivity index (χ2n) is 7.64. The Kier molecular flexibility index (Phi) is 8.50. The summed E-state index contributed by atoms with van der Waals surface area (Å²) in [5, 5.41) is 2.17. The lowest BCUT2D eigenvalue weighted by Crippen LogP contribution is -2.36. The second kappa shape index (κ2) is 11.8. The van der Waals surface area contributed by atoms with E-state index in [1.165, 1.54) is 0 Å². The number of amides is 3. The molecule has 1 N–H and O–H groups in total. The van der Waals surface area contributed by atoms with Gasteiger partial charge in [0.25, 0.3) is 11.1 Å². The second-order valence-corrected chi connectivity index (χ2v) is 10.5. The molecule has 1 aliphatic heterocycles. The first-order valence-electron chi connectivity index (χ1n) is 10.7. The Bertz CT molecular complexity index is 1330. The van der Waals surface area contributed by atoms with E-state index in [0.717, 1.165) is 31.2 Å². The van der Waals surface area contributed by atoms with Gasteiger partial charge in [-0.2, -0.15) is 0 Å². The molecule has 4 rings (SSSR count). The van der Waals surface area contributed by atoms with Crippen molar-refractivity contribution in [2.45, 2.75) is 6.61 Å². The number of rotatable bonds is 8. The Labute approximate surface area is 229 Å². The summed E-state index contributed by atoms with van der Waals surface area (Å²) in [5.74, 6) is 0.195. The molecule has 3 aromatic rings. The van der Waals surface area contributed by atoms with Gasteiger partial charge in [-0.25, -0.2) is 0 Å². The van der Waals surface area contributed by atoms with E-state index in [-0.39, 0.29) is 11.4 Å². The fraction of sp³-hybridized carbons (Fsp3) is 0.115. The van der Waals surface area contributed by atoms with Crippen LogP contribution in [0.25, 0.3) is 6.08 Å². The maximum absolute atomic E-state index is 13.0. The van der Waals surface area contributed by atoms with Crippen molar-refractivity contribution in [1.82, 2.24) is 4.90 Å². The Morgan fingerprint density at radius 3 is 2.39 bits per heavy atom. The summed E-state index contributed by atoms with van der Waals surface area (Å²) in [6.45, 7) is -0.0534. The lowest BCUT2D eigenvalue weighted by atomic mass is 10.1. The average Bonchev–Trinajstić information content (AvgIpc) is 3.12. The van der Waals surface area contributed by atoms with Crippen molar-refractivity contribution in [2.75, 3.05) is 19.0 Å². The number of anilines is 1. The van der Waals surface area contributed by atoms with Gasteiger partial charge in [0.15, 0.2) is 0 Å². The first kappa shape index (κ1) is 26.0. The van der Waals surface area contributed by atoms with Crippen LogP contribution < -0.4 is 14.8 Å². The number of carbonyl (C=O) groups is 3. The highest BCUT2D eigenvalue weighted by Crippen LogP contribution is 2.35. The van der Waals surface area contributed by atoms with Gasteiger partial charge in [-0.05, 0) is 78.0 Å². The highest BCUT2D eigenvalue weighted by molar-refractivity contribution is 9.10. The third-order valence-electron chi connectivity index (χ3n) is 5.12. The quantitative estimate of drug-likeness (QED) is 0.287. The van der Waals surface area contributed by atoms with E-state index < -0.39 is 17.1 Å². The molecule has 3 aromatic carbocycles. The van der Waals surface area contributed by atoms with Crippen LogP contribution in [0.1, 0.15) is 11.1 Å². The normalized spacial score (nSPS) is 14.3. The van der Waals surface area contributed by atoms with Gasteiger partial charge in [0.1, 0.15) is 24.7 Å². The monoisotopic (exact) mass is 630 g/mol. The number of hydrogen-bond donors (Lipinski definition) is 1. The maximum Gasteiger partial charge on any atom is 0.294 e. The third-order valence-corrected chi connectivity index (χ3v) is 7.04. The molecule has 0 atom stereocenters. The number of nitrogens with one attached hydrogen (secondary N) is 1. The molecule has 7 nitrogen and oxygen atoms in total. The number of ether oxygens (including phenoxy) is 2. The van der Waals surface area contributed by atoms with Gasteiger partial charge >= 0.3 is 0 Å². The van der Waals surface area contributed by atoms with E-state index in [1.807, 2.05) is 30.3 Å². The number of imide groups is 1. The van der Waals surface area contributed by atoms with Gasteiger partial charge < -0.3 is 14.8 Å². The Balaban J connectivity index is 1.45. The molecule has 1 fully saturated rings. The molecule has 1 aliphatic rings. The van der Waals surface area contributed by atoms with Gasteiger partial charge in [0.2, 0.25) is 5.91 Å². The van der Waals surface area contributed by atoms with E-state index in [0.29, 0.717) is 29.4 Å². The first-order chi connectivity index (χ1) is 17.3. The van der Waals surface area contributed by atoms with E-state index in [1.54, 1.807) is 49.6 Å². The summed E-state index contributed by atoms with van der Waals surface area (Å²) in [4.78, 5) is 39.1. The van der Waals surface area contributed by atoms with Crippen molar-refractivity contribution in [1.29, 1.82) is 0 Å². The zero-order valence-corrected chi connectivity index (χ0v) is 23.0. The zero-order valence-electron chi connectivity index (χ0n) is 19.0. The van der Waals surface area contributed by atoms with Crippen molar-refractivity contribution in [3.05, 3.63) is 91.7 Å². The van der Waals surface area contributed by atoms with Crippen LogP contribution in [0.4, 0.5) is 10.5 Å². The van der Waals surface area contributed by atoms with Crippen LogP contribution in [0.2, 0.25) is 0 Å². The van der Waals surface area contributed by atoms with Gasteiger partial charge in [-0.3, -0.25) is 19.3 Å². The summed E-state index contributed by atoms with van der Waals surface area (Å²) in [6.07, 6.45) is 1.61. The SMILES string of the molecule is COc1ccc(NC(=O)CN2C(=O)S/C(=C/c3cc(Br)ccc3OCc3ccc(Br)cc3)C2=O)cc1. The molecule has 0 bridgehead atoms. The van der Waals surface area contributed by atoms with Crippen molar-refractivity contribution in [3.8, 4) is 11.5 Å². The van der Waals surface area contributed by atoms with Crippen LogP contribution >= 0.6 is 43.6 Å². The smallest absolute Gasteiger partial charge is 0.294 e. The zero-order chi connectivity index (χ0) is 25.7. The maximum atomic E-state index is 13.0. The fourth-order valence-corrected chi connectivity index (χ4v) is 4.77. The molecule has 1 saturated heterocycles. The van der Waals surface area contributed by atoms with E-state index in [2.05, 4.69) is 37.2 Å². The Hall–Kier alpha value is -3.08. The fourth-order valence-electron chi connectivity index (χ4n) is 3.30. The molecule has 0 unspecified atom stereocenters. The minimum Gasteiger partial charge on any atom is -0.497 e. The van der Waals surface area contributed by atoms with Crippen molar-refractivity contribution in [3.63, 3.8) is 0 Å². The molecule has 3 amide bonds. The van der Waals surface area contributed by atoms with Gasteiger partial charge in [0, 0.05) is 20.2 Å². The molecule has 36 heavy (non-hydrogen) atoms. The van der Waals surface area contributed by atoms with Gasteiger partial charge in [-0.1, -0.05) is 44.0 Å². The number of thioether (sulfide) groups is 1. The van der Waals surface area contributed by atoms with E-state index in [4.69, 9.17) is 9.47 Å². The molecule has 0 spiro atoms. The Morgan fingerprint density at radius 2 is 1.69 bits per heavy atom. The lowest BCUT2D eigenvalue weighted by molar-refractivity contribution is -0.127. The number of benzene rings is 3. The minimum atomic E-state index is -0.534. The van der Waals surface area contributed by atoms with Crippen LogP contribution in [0.5, 0.6) is 11.5 Å².